The van der Waals surface area contributed by atoms with Crippen LogP contribution in [0.2, 0.25) is 0 Å². The average molecular weight is 376 g/mol. The van der Waals surface area contributed by atoms with E-state index in [9.17, 15) is 0 Å². The molecule has 5 rings (SSSR count). The third kappa shape index (κ3) is 2.82. The third-order valence-electron chi connectivity index (χ3n) is 6.32. The van der Waals surface area contributed by atoms with Gasteiger partial charge in [-0.3, -0.25) is 4.90 Å². The molecule has 0 spiro atoms. The molecule has 1 heterocycles. The maximum atomic E-state index is 2.66. The molecule has 4 aromatic rings. The summed E-state index contributed by atoms with van der Waals surface area (Å²) in [6, 6.07) is 42.1. The monoisotopic (exact) mass is 375 g/mol. The fraction of sp³-hybridized carbons (Fsp3) is 0.143. The summed E-state index contributed by atoms with van der Waals surface area (Å²) in [7, 11) is 0. The van der Waals surface area contributed by atoms with Gasteiger partial charge >= 0.3 is 0 Å². The van der Waals surface area contributed by atoms with Crippen LogP contribution in [0, 0.1) is 0 Å². The molecule has 0 saturated carbocycles. The van der Waals surface area contributed by atoms with Crippen molar-refractivity contribution in [1.29, 1.82) is 0 Å². The van der Waals surface area contributed by atoms with Crippen LogP contribution in [0.5, 0.6) is 0 Å². The summed E-state index contributed by atoms with van der Waals surface area (Å²) in [6.45, 7) is 3.27. The summed E-state index contributed by atoms with van der Waals surface area (Å²) >= 11 is 0. The van der Waals surface area contributed by atoms with E-state index < -0.39 is 0 Å². The summed E-state index contributed by atoms with van der Waals surface area (Å²) in [5, 5.41) is 0. The van der Waals surface area contributed by atoms with Crippen molar-refractivity contribution < 1.29 is 0 Å². The van der Waals surface area contributed by atoms with E-state index in [0.717, 1.165) is 6.54 Å². The molecule has 1 atom stereocenters. The zero-order valence-corrected chi connectivity index (χ0v) is 16.7. The zero-order valence-electron chi connectivity index (χ0n) is 16.7. The van der Waals surface area contributed by atoms with Crippen LogP contribution in [0.15, 0.2) is 115 Å². The lowest BCUT2D eigenvalue weighted by atomic mass is 9.75. The Labute approximate surface area is 173 Å². The second-order valence-electron chi connectivity index (χ2n) is 7.81. The van der Waals surface area contributed by atoms with E-state index in [1.807, 2.05) is 0 Å². The molecule has 29 heavy (non-hydrogen) atoms. The Hall–Kier alpha value is -3.16. The Morgan fingerprint density at radius 2 is 1.00 bits per heavy atom. The highest BCUT2D eigenvalue weighted by Gasteiger charge is 2.46. The van der Waals surface area contributed by atoms with Gasteiger partial charge < -0.3 is 0 Å². The molecule has 4 aromatic carbocycles. The van der Waals surface area contributed by atoms with Gasteiger partial charge in [-0.25, -0.2) is 0 Å². The van der Waals surface area contributed by atoms with E-state index in [-0.39, 0.29) is 5.54 Å². The topological polar surface area (TPSA) is 3.24 Å². The first-order chi connectivity index (χ1) is 14.3. The summed E-state index contributed by atoms with van der Waals surface area (Å²) in [6.07, 6.45) is 0. The van der Waals surface area contributed by atoms with Crippen LogP contribution in [0.25, 0.3) is 0 Å². The third-order valence-corrected chi connectivity index (χ3v) is 6.32. The first-order valence-corrected chi connectivity index (χ1v) is 10.3. The standard InChI is InChI=1S/C28H25N/c1-22-27-20-12-11-13-23(27)21-29(22)28(24-14-5-2-6-15-24,25-16-7-3-8-17-25)26-18-9-4-10-19-26/h2-20,22H,21H2,1H3/t22-/m1/s1. The van der Waals surface area contributed by atoms with Crippen molar-refractivity contribution in [2.75, 3.05) is 0 Å². The Bertz CT molecular complexity index is 990. The van der Waals surface area contributed by atoms with Gasteiger partial charge in [0, 0.05) is 12.6 Å². The van der Waals surface area contributed by atoms with Crippen molar-refractivity contribution in [3.63, 3.8) is 0 Å². The van der Waals surface area contributed by atoms with Gasteiger partial charge in [0.25, 0.3) is 0 Å². The number of fused-ring (bicyclic) bond motifs is 1. The van der Waals surface area contributed by atoms with Crippen LogP contribution < -0.4 is 0 Å². The van der Waals surface area contributed by atoms with E-state index in [1.54, 1.807) is 0 Å². The van der Waals surface area contributed by atoms with Crippen LogP contribution in [0.1, 0.15) is 40.8 Å². The SMILES string of the molecule is C[C@@H]1c2ccccc2CN1C(c1ccccc1)(c1ccccc1)c1ccccc1. The predicted octanol–water partition coefficient (Wildman–Crippen LogP) is 6.56. The minimum Gasteiger partial charge on any atom is -0.275 e. The molecular formula is C28H25N. The molecule has 1 aliphatic rings. The molecule has 0 radical (unpaired) electrons. The van der Waals surface area contributed by atoms with Gasteiger partial charge in [-0.15, -0.1) is 0 Å². The van der Waals surface area contributed by atoms with Crippen LogP contribution in [-0.2, 0) is 12.1 Å². The van der Waals surface area contributed by atoms with E-state index in [4.69, 9.17) is 0 Å². The first-order valence-electron chi connectivity index (χ1n) is 10.3. The maximum Gasteiger partial charge on any atom is 0.0980 e. The Balaban J connectivity index is 1.82. The number of hydrogen-bond acceptors (Lipinski definition) is 1. The molecule has 0 saturated heterocycles. The summed E-state index contributed by atoms with van der Waals surface area (Å²) < 4.78 is 0. The van der Waals surface area contributed by atoms with Gasteiger partial charge in [0.15, 0.2) is 0 Å². The van der Waals surface area contributed by atoms with Crippen molar-refractivity contribution in [1.82, 2.24) is 4.90 Å². The lowest BCUT2D eigenvalue weighted by Crippen LogP contribution is -2.46. The quantitative estimate of drug-likeness (QED) is 0.365. The molecule has 0 bridgehead atoms. The second-order valence-corrected chi connectivity index (χ2v) is 7.81. The van der Waals surface area contributed by atoms with E-state index >= 15 is 0 Å². The van der Waals surface area contributed by atoms with Gasteiger partial charge in [-0.2, -0.15) is 0 Å². The van der Waals surface area contributed by atoms with Gasteiger partial charge in [0.05, 0.1) is 5.54 Å². The van der Waals surface area contributed by atoms with E-state index in [2.05, 4.69) is 127 Å². The minimum absolute atomic E-state index is 0.312. The van der Waals surface area contributed by atoms with Crippen LogP contribution in [0.3, 0.4) is 0 Å². The van der Waals surface area contributed by atoms with Crippen molar-refractivity contribution in [3.8, 4) is 0 Å². The smallest absolute Gasteiger partial charge is 0.0980 e. The lowest BCUT2D eigenvalue weighted by molar-refractivity contribution is 0.118. The number of nitrogens with zero attached hydrogens (tertiary/aromatic N) is 1. The Morgan fingerprint density at radius 1 is 0.586 bits per heavy atom. The van der Waals surface area contributed by atoms with E-state index in [0.29, 0.717) is 6.04 Å². The summed E-state index contributed by atoms with van der Waals surface area (Å²) in [5.74, 6) is 0. The molecule has 1 heteroatoms. The highest BCUT2D eigenvalue weighted by Crippen LogP contribution is 2.50. The van der Waals surface area contributed by atoms with Crippen molar-refractivity contribution >= 4 is 0 Å². The molecule has 0 N–H and O–H groups in total. The van der Waals surface area contributed by atoms with E-state index in [1.165, 1.54) is 27.8 Å². The van der Waals surface area contributed by atoms with Crippen molar-refractivity contribution in [3.05, 3.63) is 143 Å². The van der Waals surface area contributed by atoms with Crippen LogP contribution >= 0.6 is 0 Å². The highest BCUT2D eigenvalue weighted by atomic mass is 15.2. The van der Waals surface area contributed by atoms with Crippen LogP contribution in [0.4, 0.5) is 0 Å². The molecule has 0 amide bonds. The van der Waals surface area contributed by atoms with Gasteiger partial charge in [0.2, 0.25) is 0 Å². The fourth-order valence-corrected chi connectivity index (χ4v) is 5.02. The molecule has 0 fully saturated rings. The van der Waals surface area contributed by atoms with Gasteiger partial charge in [-0.1, -0.05) is 115 Å². The van der Waals surface area contributed by atoms with Crippen LogP contribution in [-0.4, -0.2) is 4.90 Å². The summed E-state index contributed by atoms with van der Waals surface area (Å²) in [4.78, 5) is 2.66. The van der Waals surface area contributed by atoms with Gasteiger partial charge in [-0.05, 0) is 34.7 Å². The Kier molecular flexibility index (Phi) is 4.54. The number of benzene rings is 4. The molecule has 0 unspecified atom stereocenters. The van der Waals surface area contributed by atoms with Gasteiger partial charge in [0.1, 0.15) is 0 Å². The maximum absolute atomic E-state index is 2.66. The van der Waals surface area contributed by atoms with Crippen molar-refractivity contribution in [2.45, 2.75) is 25.0 Å². The minimum atomic E-state index is -0.359. The average Bonchev–Trinajstić information content (AvgIpc) is 3.14. The molecule has 1 nitrogen and oxygen atoms in total. The second kappa shape index (κ2) is 7.35. The molecule has 0 aromatic heterocycles. The number of hydrogen-bond donors (Lipinski definition) is 0. The first kappa shape index (κ1) is 17.9. The zero-order chi connectivity index (χ0) is 19.7. The lowest BCUT2D eigenvalue weighted by Gasteiger charge is -2.46. The molecular weight excluding hydrogens is 350 g/mol. The van der Waals surface area contributed by atoms with Crippen molar-refractivity contribution in [2.24, 2.45) is 0 Å². The molecule has 1 aliphatic heterocycles. The fourth-order valence-electron chi connectivity index (χ4n) is 5.02. The largest absolute Gasteiger partial charge is 0.275 e. The predicted molar refractivity (Wildman–Crippen MR) is 120 cm³/mol. The highest BCUT2D eigenvalue weighted by molar-refractivity contribution is 5.51. The summed E-state index contributed by atoms with van der Waals surface area (Å²) in [5.41, 5.74) is 6.40. The Morgan fingerprint density at radius 3 is 1.45 bits per heavy atom. The number of rotatable bonds is 4. The molecule has 0 aliphatic carbocycles. The molecule has 142 valence electrons. The normalized spacial score (nSPS) is 16.5.